The Morgan fingerprint density at radius 2 is 1.88 bits per heavy atom. The predicted molar refractivity (Wildman–Crippen MR) is 75.6 cm³/mol. The SMILES string of the molecule is CNc1ccc2c3c(ccc2c1C)CCC=C3. The van der Waals surface area contributed by atoms with Crippen molar-refractivity contribution in [2.75, 3.05) is 12.4 Å². The van der Waals surface area contributed by atoms with Crippen LogP contribution in [0.15, 0.2) is 30.3 Å². The van der Waals surface area contributed by atoms with Gasteiger partial charge in [-0.3, -0.25) is 0 Å². The number of hydrogen-bond donors (Lipinski definition) is 1. The van der Waals surface area contributed by atoms with Gasteiger partial charge in [0.25, 0.3) is 0 Å². The molecule has 0 heterocycles. The normalized spacial score (nSPS) is 13.8. The molecule has 2 aromatic rings. The number of rotatable bonds is 1. The summed E-state index contributed by atoms with van der Waals surface area (Å²) in [6, 6.07) is 8.97. The van der Waals surface area contributed by atoms with Crippen LogP contribution in [0.2, 0.25) is 0 Å². The summed E-state index contributed by atoms with van der Waals surface area (Å²) < 4.78 is 0. The number of aryl methyl sites for hydroxylation is 2. The van der Waals surface area contributed by atoms with Crippen LogP contribution in [0.3, 0.4) is 0 Å². The third-order valence-electron chi connectivity index (χ3n) is 3.74. The molecule has 1 aliphatic carbocycles. The first-order valence-corrected chi connectivity index (χ1v) is 6.21. The molecule has 1 heteroatoms. The van der Waals surface area contributed by atoms with Crippen LogP contribution in [-0.4, -0.2) is 7.05 Å². The second kappa shape index (κ2) is 3.92. The number of anilines is 1. The largest absolute Gasteiger partial charge is 0.388 e. The van der Waals surface area contributed by atoms with Crippen LogP contribution in [0.1, 0.15) is 23.1 Å². The Morgan fingerprint density at radius 3 is 2.71 bits per heavy atom. The molecule has 86 valence electrons. The third-order valence-corrected chi connectivity index (χ3v) is 3.74. The van der Waals surface area contributed by atoms with Crippen LogP contribution in [0.4, 0.5) is 5.69 Å². The molecule has 2 aromatic carbocycles. The average molecular weight is 223 g/mol. The highest BCUT2D eigenvalue weighted by atomic mass is 14.8. The molecular formula is C16H17N. The summed E-state index contributed by atoms with van der Waals surface area (Å²) in [7, 11) is 1.98. The molecule has 17 heavy (non-hydrogen) atoms. The Labute approximate surface area is 102 Å². The van der Waals surface area contributed by atoms with E-state index in [9.17, 15) is 0 Å². The highest BCUT2D eigenvalue weighted by Gasteiger charge is 2.10. The van der Waals surface area contributed by atoms with E-state index in [2.05, 4.69) is 48.7 Å². The smallest absolute Gasteiger partial charge is 0.0373 e. The Kier molecular flexibility index (Phi) is 2.40. The van der Waals surface area contributed by atoms with Gasteiger partial charge in [0.2, 0.25) is 0 Å². The van der Waals surface area contributed by atoms with Crippen molar-refractivity contribution in [3.8, 4) is 0 Å². The zero-order chi connectivity index (χ0) is 11.8. The fourth-order valence-electron chi connectivity index (χ4n) is 2.75. The molecule has 0 radical (unpaired) electrons. The maximum absolute atomic E-state index is 3.25. The minimum absolute atomic E-state index is 1.17. The van der Waals surface area contributed by atoms with Crippen molar-refractivity contribution in [3.05, 3.63) is 47.0 Å². The van der Waals surface area contributed by atoms with Gasteiger partial charge in [-0.15, -0.1) is 0 Å². The third kappa shape index (κ3) is 1.54. The number of nitrogens with one attached hydrogen (secondary N) is 1. The topological polar surface area (TPSA) is 12.0 Å². The van der Waals surface area contributed by atoms with Crippen LogP contribution in [0, 0.1) is 6.92 Å². The molecule has 1 nitrogen and oxygen atoms in total. The molecule has 0 saturated carbocycles. The average Bonchev–Trinajstić information content (AvgIpc) is 2.39. The van der Waals surface area contributed by atoms with Crippen molar-refractivity contribution in [1.29, 1.82) is 0 Å². The van der Waals surface area contributed by atoms with E-state index in [1.54, 1.807) is 0 Å². The van der Waals surface area contributed by atoms with Crippen LogP contribution in [0.25, 0.3) is 16.8 Å². The van der Waals surface area contributed by atoms with E-state index in [4.69, 9.17) is 0 Å². The molecule has 0 saturated heterocycles. The van der Waals surface area contributed by atoms with E-state index in [0.717, 1.165) is 0 Å². The van der Waals surface area contributed by atoms with Gasteiger partial charge in [0.05, 0.1) is 0 Å². The summed E-state index contributed by atoms with van der Waals surface area (Å²) in [6.45, 7) is 2.19. The standard InChI is InChI=1S/C16H17N/c1-11-13-8-7-12-5-3-4-6-14(12)15(13)9-10-16(11)17-2/h4,6-10,17H,3,5H2,1-2H3. The number of fused-ring (bicyclic) bond motifs is 3. The van der Waals surface area contributed by atoms with Gasteiger partial charge in [-0.25, -0.2) is 0 Å². The lowest BCUT2D eigenvalue weighted by atomic mass is 9.90. The van der Waals surface area contributed by atoms with Crippen molar-refractivity contribution >= 4 is 22.5 Å². The van der Waals surface area contributed by atoms with Gasteiger partial charge >= 0.3 is 0 Å². The maximum Gasteiger partial charge on any atom is 0.0373 e. The lowest BCUT2D eigenvalue weighted by Gasteiger charge is -2.16. The van der Waals surface area contributed by atoms with E-state index in [1.165, 1.54) is 46.0 Å². The molecule has 0 atom stereocenters. The van der Waals surface area contributed by atoms with Crippen LogP contribution < -0.4 is 5.32 Å². The van der Waals surface area contributed by atoms with Gasteiger partial charge in [-0.05, 0) is 53.3 Å². The van der Waals surface area contributed by atoms with Crippen LogP contribution in [-0.2, 0) is 6.42 Å². The summed E-state index contributed by atoms with van der Waals surface area (Å²) in [6.07, 6.45) is 6.91. The molecule has 0 unspecified atom stereocenters. The predicted octanol–water partition coefficient (Wildman–Crippen LogP) is 4.15. The number of benzene rings is 2. The van der Waals surface area contributed by atoms with Crippen LogP contribution >= 0.6 is 0 Å². The van der Waals surface area contributed by atoms with Crippen molar-refractivity contribution < 1.29 is 0 Å². The number of allylic oxidation sites excluding steroid dienone is 1. The van der Waals surface area contributed by atoms with Crippen LogP contribution in [0.5, 0.6) is 0 Å². The first-order valence-electron chi connectivity index (χ1n) is 6.21. The zero-order valence-corrected chi connectivity index (χ0v) is 10.4. The van der Waals surface area contributed by atoms with E-state index >= 15 is 0 Å². The van der Waals surface area contributed by atoms with E-state index in [-0.39, 0.29) is 0 Å². The quantitative estimate of drug-likeness (QED) is 0.765. The first kappa shape index (κ1) is 10.4. The van der Waals surface area contributed by atoms with Crippen molar-refractivity contribution in [1.82, 2.24) is 0 Å². The molecule has 0 fully saturated rings. The Morgan fingerprint density at radius 1 is 1.06 bits per heavy atom. The Bertz CT molecular complexity index is 608. The fraction of sp³-hybridized carbons (Fsp3) is 0.250. The van der Waals surface area contributed by atoms with Gasteiger partial charge in [-0.2, -0.15) is 0 Å². The second-order valence-electron chi connectivity index (χ2n) is 4.66. The van der Waals surface area contributed by atoms with Crippen molar-refractivity contribution in [2.45, 2.75) is 19.8 Å². The molecule has 3 rings (SSSR count). The monoisotopic (exact) mass is 223 g/mol. The molecule has 0 bridgehead atoms. The summed E-state index contributed by atoms with van der Waals surface area (Å²) in [4.78, 5) is 0. The number of hydrogen-bond acceptors (Lipinski definition) is 1. The maximum atomic E-state index is 3.25. The van der Waals surface area contributed by atoms with Gasteiger partial charge < -0.3 is 5.32 Å². The van der Waals surface area contributed by atoms with E-state index < -0.39 is 0 Å². The van der Waals surface area contributed by atoms with Crippen molar-refractivity contribution in [3.63, 3.8) is 0 Å². The van der Waals surface area contributed by atoms with Gasteiger partial charge in [-0.1, -0.05) is 30.4 Å². The molecule has 1 aliphatic rings. The minimum atomic E-state index is 1.17. The first-order chi connectivity index (χ1) is 8.31. The molecule has 0 aromatic heterocycles. The second-order valence-corrected chi connectivity index (χ2v) is 4.66. The summed E-state index contributed by atoms with van der Waals surface area (Å²) in [5, 5.41) is 6.00. The summed E-state index contributed by atoms with van der Waals surface area (Å²) >= 11 is 0. The van der Waals surface area contributed by atoms with Gasteiger partial charge in [0, 0.05) is 12.7 Å². The fourth-order valence-corrected chi connectivity index (χ4v) is 2.75. The highest BCUT2D eigenvalue weighted by Crippen LogP contribution is 2.32. The molecular weight excluding hydrogens is 206 g/mol. The highest BCUT2D eigenvalue weighted by molar-refractivity contribution is 5.97. The Balaban J connectivity index is 2.36. The Hall–Kier alpha value is -1.76. The van der Waals surface area contributed by atoms with E-state index in [1.807, 2.05) is 7.05 Å². The summed E-state index contributed by atoms with van der Waals surface area (Å²) in [5.74, 6) is 0. The molecule has 1 N–H and O–H groups in total. The minimum Gasteiger partial charge on any atom is -0.388 e. The molecule has 0 aliphatic heterocycles. The zero-order valence-electron chi connectivity index (χ0n) is 10.4. The summed E-state index contributed by atoms with van der Waals surface area (Å²) in [5.41, 5.74) is 5.46. The van der Waals surface area contributed by atoms with Crippen molar-refractivity contribution in [2.24, 2.45) is 0 Å². The lowest BCUT2D eigenvalue weighted by molar-refractivity contribution is 0.990. The molecule has 0 amide bonds. The van der Waals surface area contributed by atoms with E-state index in [0.29, 0.717) is 0 Å². The van der Waals surface area contributed by atoms with Gasteiger partial charge in [0.15, 0.2) is 0 Å². The van der Waals surface area contributed by atoms with Gasteiger partial charge in [0.1, 0.15) is 0 Å². The molecule has 0 spiro atoms. The lowest BCUT2D eigenvalue weighted by Crippen LogP contribution is -1.97.